The Morgan fingerprint density at radius 2 is 1.66 bits per heavy atom. The van der Waals surface area contributed by atoms with Crippen LogP contribution >= 0.6 is 0 Å². The van der Waals surface area contributed by atoms with Crippen molar-refractivity contribution in [1.82, 2.24) is 10.2 Å². The monoisotopic (exact) mass is 391 g/mol. The van der Waals surface area contributed by atoms with E-state index in [9.17, 15) is 9.59 Å². The van der Waals surface area contributed by atoms with Crippen molar-refractivity contribution in [3.05, 3.63) is 60.3 Å². The Bertz CT molecular complexity index is 1070. The molecule has 0 fully saturated rings. The Kier molecular flexibility index (Phi) is 4.93. The Morgan fingerprint density at radius 3 is 2.45 bits per heavy atom. The molecule has 29 heavy (non-hydrogen) atoms. The maximum absolute atomic E-state index is 12.4. The van der Waals surface area contributed by atoms with E-state index in [4.69, 9.17) is 9.47 Å². The van der Waals surface area contributed by atoms with Crippen molar-refractivity contribution in [2.45, 2.75) is 6.92 Å². The van der Waals surface area contributed by atoms with Gasteiger partial charge in [0.15, 0.2) is 23.0 Å². The van der Waals surface area contributed by atoms with Crippen LogP contribution in [0.5, 0.6) is 11.5 Å². The van der Waals surface area contributed by atoms with Gasteiger partial charge in [-0.25, -0.2) is 0 Å². The summed E-state index contributed by atoms with van der Waals surface area (Å²) in [4.78, 5) is 23.6. The second-order valence-electron chi connectivity index (χ2n) is 6.21. The van der Waals surface area contributed by atoms with Crippen LogP contribution < -0.4 is 25.4 Å². The van der Waals surface area contributed by atoms with Gasteiger partial charge >= 0.3 is 0 Å². The van der Waals surface area contributed by atoms with Gasteiger partial charge in [-0.1, -0.05) is 6.07 Å². The average Bonchev–Trinajstić information content (AvgIpc) is 3.16. The second kappa shape index (κ2) is 7.85. The highest BCUT2D eigenvalue weighted by atomic mass is 16.7. The van der Waals surface area contributed by atoms with Gasteiger partial charge in [-0.3, -0.25) is 9.59 Å². The van der Waals surface area contributed by atoms with Gasteiger partial charge in [0.25, 0.3) is 5.91 Å². The van der Waals surface area contributed by atoms with Crippen molar-refractivity contribution in [3.8, 4) is 11.5 Å². The molecule has 0 unspecified atom stereocenters. The topological polar surface area (TPSA) is 114 Å². The minimum atomic E-state index is -0.393. The van der Waals surface area contributed by atoms with Crippen LogP contribution in [0.15, 0.2) is 54.6 Å². The predicted molar refractivity (Wildman–Crippen MR) is 107 cm³/mol. The van der Waals surface area contributed by atoms with Crippen molar-refractivity contribution in [2.75, 3.05) is 22.7 Å². The van der Waals surface area contributed by atoms with E-state index in [1.807, 2.05) is 6.07 Å². The zero-order chi connectivity index (χ0) is 20.2. The second-order valence-corrected chi connectivity index (χ2v) is 6.21. The number of hydrogen-bond donors (Lipinski definition) is 3. The Labute approximate surface area is 166 Å². The lowest BCUT2D eigenvalue weighted by Crippen LogP contribution is -2.14. The highest BCUT2D eigenvalue weighted by molar-refractivity contribution is 6.03. The quantitative estimate of drug-likeness (QED) is 0.612. The Hall–Kier alpha value is -4.14. The van der Waals surface area contributed by atoms with Crippen molar-refractivity contribution < 1.29 is 19.1 Å². The molecule has 2 heterocycles. The lowest BCUT2D eigenvalue weighted by atomic mass is 10.2. The van der Waals surface area contributed by atoms with Gasteiger partial charge in [-0.05, 0) is 42.5 Å². The average molecular weight is 391 g/mol. The smallest absolute Gasteiger partial charge is 0.276 e. The molecule has 3 aromatic rings. The third-order valence-electron chi connectivity index (χ3n) is 3.98. The van der Waals surface area contributed by atoms with Crippen LogP contribution in [0, 0.1) is 0 Å². The van der Waals surface area contributed by atoms with Crippen LogP contribution in [0.25, 0.3) is 0 Å². The highest BCUT2D eigenvalue weighted by Gasteiger charge is 2.15. The lowest BCUT2D eigenvalue weighted by Gasteiger charge is -2.08. The molecule has 1 aliphatic heterocycles. The van der Waals surface area contributed by atoms with Crippen LogP contribution in [0.1, 0.15) is 17.4 Å². The molecule has 0 radical (unpaired) electrons. The summed E-state index contributed by atoms with van der Waals surface area (Å²) in [6.45, 7) is 1.61. The van der Waals surface area contributed by atoms with Gasteiger partial charge < -0.3 is 25.4 Å². The number of anilines is 4. The zero-order valence-electron chi connectivity index (χ0n) is 15.4. The van der Waals surface area contributed by atoms with Crippen LogP contribution in [0.3, 0.4) is 0 Å². The number of carbonyl (C=O) groups is 2. The molecule has 9 nitrogen and oxygen atoms in total. The number of fused-ring (bicyclic) bond motifs is 1. The molecule has 0 spiro atoms. The molecule has 146 valence electrons. The van der Waals surface area contributed by atoms with E-state index in [1.165, 1.54) is 6.92 Å². The molecule has 0 aliphatic carbocycles. The van der Waals surface area contributed by atoms with Gasteiger partial charge in [0.1, 0.15) is 0 Å². The van der Waals surface area contributed by atoms with E-state index in [2.05, 4.69) is 26.1 Å². The van der Waals surface area contributed by atoms with E-state index in [1.54, 1.807) is 48.5 Å². The number of carbonyl (C=O) groups excluding carboxylic acids is 2. The van der Waals surface area contributed by atoms with E-state index >= 15 is 0 Å². The normalized spacial score (nSPS) is 11.6. The van der Waals surface area contributed by atoms with Gasteiger partial charge in [0.2, 0.25) is 12.7 Å². The molecule has 0 saturated carbocycles. The number of benzene rings is 2. The van der Waals surface area contributed by atoms with Gasteiger partial charge in [-0.2, -0.15) is 0 Å². The van der Waals surface area contributed by atoms with Crippen LogP contribution in [0.2, 0.25) is 0 Å². The van der Waals surface area contributed by atoms with E-state index < -0.39 is 5.91 Å². The Balaban J connectivity index is 1.41. The summed E-state index contributed by atoms with van der Waals surface area (Å²) in [5.41, 5.74) is 2.12. The minimum Gasteiger partial charge on any atom is -0.454 e. The molecule has 4 rings (SSSR count). The molecule has 3 N–H and O–H groups in total. The molecule has 1 aromatic heterocycles. The van der Waals surface area contributed by atoms with Crippen LogP contribution in [-0.2, 0) is 4.79 Å². The standard InChI is InChI=1S/C20H17N5O4/c1-12(26)21-13-3-2-4-14(9-13)22-19-8-6-16(24-25-19)20(27)23-15-5-7-17-18(10-15)29-11-28-17/h2-10H,11H2,1H3,(H,21,26)(H,22,25)(H,23,27). The van der Waals surface area contributed by atoms with Crippen LogP contribution in [-0.4, -0.2) is 28.8 Å². The summed E-state index contributed by atoms with van der Waals surface area (Å²) in [7, 11) is 0. The van der Waals surface area contributed by atoms with E-state index in [0.29, 0.717) is 28.7 Å². The first kappa shape index (κ1) is 18.2. The fourth-order valence-corrected chi connectivity index (χ4v) is 2.72. The first-order valence-corrected chi connectivity index (χ1v) is 8.76. The Morgan fingerprint density at radius 1 is 0.862 bits per heavy atom. The third kappa shape index (κ3) is 4.41. The maximum Gasteiger partial charge on any atom is 0.276 e. The molecular weight excluding hydrogens is 374 g/mol. The number of nitrogens with zero attached hydrogens (tertiary/aromatic N) is 2. The third-order valence-corrected chi connectivity index (χ3v) is 3.98. The first-order valence-electron chi connectivity index (χ1n) is 8.76. The SMILES string of the molecule is CC(=O)Nc1cccc(Nc2ccc(C(=O)Nc3ccc4c(c3)OCO4)nn2)c1. The molecule has 0 bridgehead atoms. The molecule has 0 saturated heterocycles. The van der Waals surface area contributed by atoms with E-state index in [0.717, 1.165) is 5.69 Å². The summed E-state index contributed by atoms with van der Waals surface area (Å²) >= 11 is 0. The molecular formula is C20H17N5O4. The van der Waals surface area contributed by atoms with Crippen molar-refractivity contribution in [3.63, 3.8) is 0 Å². The number of ether oxygens (including phenoxy) is 2. The maximum atomic E-state index is 12.4. The lowest BCUT2D eigenvalue weighted by molar-refractivity contribution is -0.114. The number of rotatable bonds is 5. The highest BCUT2D eigenvalue weighted by Crippen LogP contribution is 2.34. The summed E-state index contributed by atoms with van der Waals surface area (Å²) in [6.07, 6.45) is 0. The molecule has 0 atom stereocenters. The first-order chi connectivity index (χ1) is 14.1. The van der Waals surface area contributed by atoms with Crippen molar-refractivity contribution in [2.24, 2.45) is 0 Å². The molecule has 2 amide bonds. The largest absolute Gasteiger partial charge is 0.454 e. The fourth-order valence-electron chi connectivity index (χ4n) is 2.72. The van der Waals surface area contributed by atoms with Gasteiger partial charge in [0.05, 0.1) is 0 Å². The number of hydrogen-bond acceptors (Lipinski definition) is 7. The summed E-state index contributed by atoms with van der Waals surface area (Å²) in [5, 5.41) is 16.5. The van der Waals surface area contributed by atoms with Crippen LogP contribution in [0.4, 0.5) is 22.9 Å². The summed E-state index contributed by atoms with van der Waals surface area (Å²) in [5.74, 6) is 1.13. The van der Waals surface area contributed by atoms with Crippen molar-refractivity contribution in [1.29, 1.82) is 0 Å². The summed E-state index contributed by atoms with van der Waals surface area (Å²) < 4.78 is 10.5. The number of nitrogens with one attached hydrogen (secondary N) is 3. The summed E-state index contributed by atoms with van der Waals surface area (Å²) in [6, 6.07) is 15.5. The zero-order valence-corrected chi connectivity index (χ0v) is 15.4. The predicted octanol–water partition coefficient (Wildman–Crippen LogP) is 3.16. The minimum absolute atomic E-state index is 0.153. The number of aromatic nitrogens is 2. The van der Waals surface area contributed by atoms with Gasteiger partial charge in [-0.15, -0.1) is 10.2 Å². The molecule has 2 aromatic carbocycles. The fraction of sp³-hybridized carbons (Fsp3) is 0.100. The number of amides is 2. The molecule has 1 aliphatic rings. The van der Waals surface area contributed by atoms with E-state index in [-0.39, 0.29) is 18.4 Å². The van der Waals surface area contributed by atoms with Gasteiger partial charge in [0, 0.05) is 30.1 Å². The van der Waals surface area contributed by atoms with Crippen molar-refractivity contribution >= 4 is 34.7 Å². The molecule has 9 heteroatoms.